The van der Waals surface area contributed by atoms with Crippen LogP contribution in [0.5, 0.6) is 5.75 Å². The SMILES string of the molecule is O=C(Oc1coc(COC2CCCCO2)cc1=O)c1ccccc1CBr. The van der Waals surface area contributed by atoms with Crippen LogP contribution in [-0.2, 0) is 21.4 Å². The van der Waals surface area contributed by atoms with E-state index in [-0.39, 0.29) is 18.6 Å². The molecule has 2 heterocycles. The minimum Gasteiger partial charge on any atom is -0.463 e. The van der Waals surface area contributed by atoms with Gasteiger partial charge in [0.05, 0.1) is 5.56 Å². The zero-order valence-electron chi connectivity index (χ0n) is 14.1. The van der Waals surface area contributed by atoms with Crippen molar-refractivity contribution in [2.45, 2.75) is 37.5 Å². The quantitative estimate of drug-likeness (QED) is 0.520. The van der Waals surface area contributed by atoms with Gasteiger partial charge >= 0.3 is 5.97 Å². The lowest BCUT2D eigenvalue weighted by atomic mass is 10.1. The molecule has 0 spiro atoms. The van der Waals surface area contributed by atoms with Crippen LogP contribution in [0.2, 0.25) is 0 Å². The molecule has 1 atom stereocenters. The molecule has 1 aromatic heterocycles. The number of rotatable bonds is 6. The monoisotopic (exact) mass is 422 g/mol. The summed E-state index contributed by atoms with van der Waals surface area (Å²) in [7, 11) is 0. The Morgan fingerprint density at radius 3 is 2.85 bits per heavy atom. The fourth-order valence-corrected chi connectivity index (χ4v) is 3.09. The van der Waals surface area contributed by atoms with Gasteiger partial charge in [-0.3, -0.25) is 4.79 Å². The molecule has 0 saturated carbocycles. The summed E-state index contributed by atoms with van der Waals surface area (Å²) in [6, 6.07) is 8.28. The second kappa shape index (κ2) is 9.12. The number of carbonyl (C=O) groups excluding carboxylic acids is 1. The molecule has 0 N–H and O–H groups in total. The van der Waals surface area contributed by atoms with Crippen molar-refractivity contribution in [2.24, 2.45) is 0 Å². The first kappa shape index (κ1) is 18.8. The van der Waals surface area contributed by atoms with Crippen LogP contribution in [0.3, 0.4) is 0 Å². The second-order valence-corrected chi connectivity index (χ2v) is 6.42. The number of alkyl halides is 1. The molecule has 1 aliphatic heterocycles. The summed E-state index contributed by atoms with van der Waals surface area (Å²) in [5, 5.41) is 0.506. The maximum absolute atomic E-state index is 12.3. The Balaban J connectivity index is 1.64. The third-order valence-corrected chi connectivity index (χ3v) is 4.59. The molecule has 0 amide bonds. The van der Waals surface area contributed by atoms with E-state index in [1.807, 2.05) is 12.1 Å². The molecule has 1 unspecified atom stereocenters. The van der Waals surface area contributed by atoms with Crippen LogP contribution in [-0.4, -0.2) is 18.9 Å². The van der Waals surface area contributed by atoms with Crippen LogP contribution >= 0.6 is 15.9 Å². The minimum absolute atomic E-state index is 0.126. The molecular formula is C19H19BrO6. The number of hydrogen-bond donors (Lipinski definition) is 0. The van der Waals surface area contributed by atoms with Gasteiger partial charge in [0.1, 0.15) is 18.6 Å². The van der Waals surface area contributed by atoms with Crippen molar-refractivity contribution in [3.8, 4) is 5.75 Å². The average molecular weight is 423 g/mol. The fraction of sp³-hybridized carbons (Fsp3) is 0.368. The van der Waals surface area contributed by atoms with Crippen LogP contribution in [0.15, 0.2) is 45.8 Å². The van der Waals surface area contributed by atoms with E-state index in [9.17, 15) is 9.59 Å². The summed E-state index contributed by atoms with van der Waals surface area (Å²) < 4.78 is 21.6. The first-order valence-electron chi connectivity index (χ1n) is 8.38. The molecule has 138 valence electrons. The predicted molar refractivity (Wildman–Crippen MR) is 97.4 cm³/mol. The van der Waals surface area contributed by atoms with E-state index in [4.69, 9.17) is 18.6 Å². The van der Waals surface area contributed by atoms with Gasteiger partial charge in [-0.25, -0.2) is 4.79 Å². The average Bonchev–Trinajstić information content (AvgIpc) is 2.69. The van der Waals surface area contributed by atoms with Crippen molar-refractivity contribution in [1.82, 2.24) is 0 Å². The Bertz CT molecular complexity index is 810. The predicted octanol–water partition coefficient (Wildman–Crippen LogP) is 3.80. The van der Waals surface area contributed by atoms with E-state index in [0.717, 1.165) is 31.1 Å². The highest BCUT2D eigenvalue weighted by molar-refractivity contribution is 9.08. The van der Waals surface area contributed by atoms with Gasteiger partial charge < -0.3 is 18.6 Å². The van der Waals surface area contributed by atoms with E-state index >= 15 is 0 Å². The Kier molecular flexibility index (Phi) is 6.60. The minimum atomic E-state index is -0.605. The maximum atomic E-state index is 12.3. The Morgan fingerprint density at radius 2 is 2.12 bits per heavy atom. The van der Waals surface area contributed by atoms with Crippen LogP contribution in [0, 0.1) is 0 Å². The number of hydrogen-bond acceptors (Lipinski definition) is 6. The number of carbonyl (C=O) groups is 1. The first-order valence-corrected chi connectivity index (χ1v) is 9.50. The van der Waals surface area contributed by atoms with Crippen molar-refractivity contribution in [3.63, 3.8) is 0 Å². The van der Waals surface area contributed by atoms with E-state index < -0.39 is 11.4 Å². The topological polar surface area (TPSA) is 75.0 Å². The van der Waals surface area contributed by atoms with Gasteiger partial charge in [-0.05, 0) is 30.9 Å². The van der Waals surface area contributed by atoms with Crippen LogP contribution in [0.25, 0.3) is 0 Å². The van der Waals surface area contributed by atoms with Gasteiger partial charge in [0.2, 0.25) is 11.2 Å². The van der Waals surface area contributed by atoms with Gasteiger partial charge in [0.25, 0.3) is 0 Å². The van der Waals surface area contributed by atoms with E-state index in [1.54, 1.807) is 12.1 Å². The molecule has 0 radical (unpaired) electrons. The summed E-state index contributed by atoms with van der Waals surface area (Å²) in [5.74, 6) is -0.408. The smallest absolute Gasteiger partial charge is 0.344 e. The maximum Gasteiger partial charge on any atom is 0.344 e. The Morgan fingerprint density at radius 1 is 1.27 bits per heavy atom. The molecule has 1 saturated heterocycles. The van der Waals surface area contributed by atoms with E-state index in [0.29, 0.717) is 23.3 Å². The third kappa shape index (κ3) is 4.81. The number of esters is 1. The lowest BCUT2D eigenvalue weighted by Gasteiger charge is -2.22. The zero-order chi connectivity index (χ0) is 18.4. The van der Waals surface area contributed by atoms with Crippen LogP contribution < -0.4 is 10.2 Å². The zero-order valence-corrected chi connectivity index (χ0v) is 15.7. The molecule has 0 bridgehead atoms. The number of benzene rings is 1. The molecule has 1 fully saturated rings. The van der Waals surface area contributed by atoms with Gasteiger partial charge in [0, 0.05) is 18.0 Å². The molecule has 6 nitrogen and oxygen atoms in total. The molecule has 1 aromatic carbocycles. The molecule has 3 rings (SSSR count). The first-order chi connectivity index (χ1) is 12.7. The van der Waals surface area contributed by atoms with Crippen molar-refractivity contribution in [3.05, 3.63) is 63.7 Å². The molecular weight excluding hydrogens is 404 g/mol. The normalized spacial score (nSPS) is 17.0. The number of ether oxygens (including phenoxy) is 3. The molecule has 2 aromatic rings. The third-order valence-electron chi connectivity index (χ3n) is 3.99. The molecule has 26 heavy (non-hydrogen) atoms. The largest absolute Gasteiger partial charge is 0.463 e. The standard InChI is InChI=1S/C19H19BrO6/c20-10-13-5-1-2-6-15(13)19(22)26-17-12-24-14(9-16(17)21)11-25-18-7-3-4-8-23-18/h1-2,5-6,9,12,18H,3-4,7-8,10-11H2. The molecule has 0 aliphatic carbocycles. The lowest BCUT2D eigenvalue weighted by Crippen LogP contribution is -2.22. The van der Waals surface area contributed by atoms with Crippen molar-refractivity contribution >= 4 is 21.9 Å². The van der Waals surface area contributed by atoms with Crippen molar-refractivity contribution < 1.29 is 23.4 Å². The van der Waals surface area contributed by atoms with Crippen molar-refractivity contribution in [2.75, 3.05) is 6.61 Å². The lowest BCUT2D eigenvalue weighted by molar-refractivity contribution is -0.171. The second-order valence-electron chi connectivity index (χ2n) is 5.86. The highest BCUT2D eigenvalue weighted by Crippen LogP contribution is 2.17. The molecule has 7 heteroatoms. The van der Waals surface area contributed by atoms with E-state index in [2.05, 4.69) is 15.9 Å². The summed E-state index contributed by atoms with van der Waals surface area (Å²) in [5.41, 5.74) is 0.731. The Hall–Kier alpha value is -1.96. The van der Waals surface area contributed by atoms with Crippen LogP contribution in [0.1, 0.15) is 40.9 Å². The van der Waals surface area contributed by atoms with Crippen LogP contribution in [0.4, 0.5) is 0 Å². The Labute approximate surface area is 159 Å². The van der Waals surface area contributed by atoms with E-state index in [1.165, 1.54) is 6.07 Å². The molecule has 1 aliphatic rings. The highest BCUT2D eigenvalue weighted by Gasteiger charge is 2.17. The summed E-state index contributed by atoms with van der Waals surface area (Å²) in [6.45, 7) is 0.805. The summed E-state index contributed by atoms with van der Waals surface area (Å²) in [4.78, 5) is 24.5. The summed E-state index contributed by atoms with van der Waals surface area (Å²) >= 11 is 3.32. The van der Waals surface area contributed by atoms with Gasteiger partial charge in [0.15, 0.2) is 6.29 Å². The van der Waals surface area contributed by atoms with Crippen molar-refractivity contribution in [1.29, 1.82) is 0 Å². The highest BCUT2D eigenvalue weighted by atomic mass is 79.9. The van der Waals surface area contributed by atoms with Gasteiger partial charge in [-0.2, -0.15) is 0 Å². The van der Waals surface area contributed by atoms with Gasteiger partial charge in [-0.15, -0.1) is 0 Å². The summed E-state index contributed by atoms with van der Waals surface area (Å²) in [6.07, 6.45) is 3.78. The number of halogens is 1. The van der Waals surface area contributed by atoms with Gasteiger partial charge in [-0.1, -0.05) is 34.1 Å². The fourth-order valence-electron chi connectivity index (χ4n) is 2.60.